The van der Waals surface area contributed by atoms with Gasteiger partial charge in [-0.05, 0) is 36.8 Å². The molecule has 44 heavy (non-hydrogen) atoms. The number of ether oxygens (including phenoxy) is 2. The number of methoxy groups -OCH3 is 1. The third-order valence-electron chi connectivity index (χ3n) is 7.06. The topological polar surface area (TPSA) is 126 Å². The molecule has 0 N–H and O–H groups in total. The van der Waals surface area contributed by atoms with Crippen molar-refractivity contribution in [3.63, 3.8) is 0 Å². The van der Waals surface area contributed by atoms with Crippen molar-refractivity contribution in [2.24, 2.45) is 4.99 Å². The Morgan fingerprint density at radius 1 is 1.07 bits per heavy atom. The minimum Gasteiger partial charge on any atom is -0.497 e. The number of nitrogens with zero attached hydrogens (tertiary/aromatic N) is 3. The standard InChI is InChI=1S/C33H25N3O7S/c1-3-42-32(38)28-29(20-10-6-4-7-11-20)34-33-35(30(28)21-12-8-5-9-13-21)31(37)27(44-33)19-23-15-17-26(43-23)24-16-14-22(41-2)18-25(24)36(39)40/h4-19,30H,3H2,1-2H3/b27-19-. The number of thiazole rings is 1. The molecular formula is C33H25N3O7S. The van der Waals surface area contributed by atoms with Crippen molar-refractivity contribution in [3.8, 4) is 17.1 Å². The molecule has 1 atom stereocenters. The number of aromatic nitrogens is 1. The lowest BCUT2D eigenvalue weighted by Crippen LogP contribution is -2.39. The molecule has 0 radical (unpaired) electrons. The van der Waals surface area contributed by atoms with Crippen molar-refractivity contribution < 1.29 is 23.6 Å². The van der Waals surface area contributed by atoms with E-state index in [9.17, 15) is 19.7 Å². The fraction of sp³-hybridized carbons (Fsp3) is 0.121. The third kappa shape index (κ3) is 5.25. The zero-order chi connectivity index (χ0) is 30.8. The van der Waals surface area contributed by atoms with E-state index >= 15 is 0 Å². The highest BCUT2D eigenvalue weighted by Gasteiger charge is 2.35. The summed E-state index contributed by atoms with van der Waals surface area (Å²) in [7, 11) is 1.43. The van der Waals surface area contributed by atoms with Gasteiger partial charge in [-0.2, -0.15) is 0 Å². The maximum Gasteiger partial charge on any atom is 0.338 e. The smallest absolute Gasteiger partial charge is 0.338 e. The lowest BCUT2D eigenvalue weighted by molar-refractivity contribution is -0.384. The molecule has 6 rings (SSSR count). The lowest BCUT2D eigenvalue weighted by atomic mass is 9.93. The maximum atomic E-state index is 14.0. The Hall–Kier alpha value is -5.55. The van der Waals surface area contributed by atoms with Crippen molar-refractivity contribution >= 4 is 34.8 Å². The van der Waals surface area contributed by atoms with Crippen molar-refractivity contribution in [3.05, 3.63) is 143 Å². The molecule has 0 saturated carbocycles. The highest BCUT2D eigenvalue weighted by atomic mass is 32.1. The molecule has 5 aromatic rings. The van der Waals surface area contributed by atoms with Crippen LogP contribution in [0.4, 0.5) is 5.69 Å². The van der Waals surface area contributed by atoms with Crippen LogP contribution in [-0.2, 0) is 9.53 Å². The van der Waals surface area contributed by atoms with Gasteiger partial charge in [-0.25, -0.2) is 9.79 Å². The third-order valence-corrected chi connectivity index (χ3v) is 8.04. The zero-order valence-electron chi connectivity index (χ0n) is 23.6. The number of benzene rings is 3. The summed E-state index contributed by atoms with van der Waals surface area (Å²) in [6.45, 7) is 1.88. The van der Waals surface area contributed by atoms with E-state index in [2.05, 4.69) is 0 Å². The van der Waals surface area contributed by atoms with Crippen LogP contribution < -0.4 is 19.6 Å². The number of hydrogen-bond donors (Lipinski definition) is 0. The Balaban J connectivity index is 1.53. The van der Waals surface area contributed by atoms with Gasteiger partial charge in [0.2, 0.25) is 0 Å². The molecule has 0 fully saturated rings. The second-order valence-electron chi connectivity index (χ2n) is 9.68. The van der Waals surface area contributed by atoms with Crippen LogP contribution in [0.25, 0.3) is 23.1 Å². The van der Waals surface area contributed by atoms with Crippen LogP contribution >= 0.6 is 11.3 Å². The number of nitro groups is 1. The van der Waals surface area contributed by atoms with E-state index in [4.69, 9.17) is 18.9 Å². The summed E-state index contributed by atoms with van der Waals surface area (Å²) in [5.74, 6) is 0.365. The highest BCUT2D eigenvalue weighted by Crippen LogP contribution is 2.36. The molecular weight excluding hydrogens is 582 g/mol. The molecule has 11 heteroatoms. The van der Waals surface area contributed by atoms with Gasteiger partial charge >= 0.3 is 5.97 Å². The van der Waals surface area contributed by atoms with Crippen LogP contribution in [0.2, 0.25) is 0 Å². The summed E-state index contributed by atoms with van der Waals surface area (Å²) in [4.78, 5) is 44.0. The number of carbonyl (C=O) groups excluding carboxylic acids is 1. The van der Waals surface area contributed by atoms with Crippen molar-refractivity contribution in [1.29, 1.82) is 0 Å². The second kappa shape index (κ2) is 12.0. The van der Waals surface area contributed by atoms with Gasteiger partial charge in [0.05, 0.1) is 52.1 Å². The van der Waals surface area contributed by atoms with Crippen LogP contribution in [0.5, 0.6) is 5.75 Å². The predicted molar refractivity (Wildman–Crippen MR) is 165 cm³/mol. The van der Waals surface area contributed by atoms with Gasteiger partial charge in [0, 0.05) is 11.6 Å². The minimum absolute atomic E-state index is 0.156. The van der Waals surface area contributed by atoms with Crippen LogP contribution in [0.15, 0.2) is 111 Å². The molecule has 10 nitrogen and oxygen atoms in total. The van der Waals surface area contributed by atoms with Crippen molar-refractivity contribution in [2.45, 2.75) is 13.0 Å². The molecule has 0 saturated heterocycles. The molecule has 0 spiro atoms. The van der Waals surface area contributed by atoms with Gasteiger partial charge in [-0.15, -0.1) is 0 Å². The Morgan fingerprint density at radius 2 is 1.80 bits per heavy atom. The Labute approximate surface area is 254 Å². The van der Waals surface area contributed by atoms with Gasteiger partial charge in [0.25, 0.3) is 11.2 Å². The number of hydrogen-bond acceptors (Lipinski definition) is 9. The van der Waals surface area contributed by atoms with Gasteiger partial charge in [-0.3, -0.25) is 19.5 Å². The average molecular weight is 608 g/mol. The van der Waals surface area contributed by atoms with Crippen LogP contribution in [0, 0.1) is 10.1 Å². The number of esters is 1. The van der Waals surface area contributed by atoms with Crippen LogP contribution in [0.3, 0.4) is 0 Å². The van der Waals surface area contributed by atoms with E-state index in [1.807, 2.05) is 60.7 Å². The van der Waals surface area contributed by atoms with Gasteiger partial charge in [0.1, 0.15) is 17.3 Å². The first-order chi connectivity index (χ1) is 21.4. The monoisotopic (exact) mass is 607 g/mol. The summed E-state index contributed by atoms with van der Waals surface area (Å²) >= 11 is 1.16. The number of fused-ring (bicyclic) bond motifs is 1. The molecule has 0 aliphatic carbocycles. The largest absolute Gasteiger partial charge is 0.497 e. The first-order valence-corrected chi connectivity index (χ1v) is 14.5. The molecule has 220 valence electrons. The van der Waals surface area contributed by atoms with Crippen LogP contribution in [-0.4, -0.2) is 29.2 Å². The quantitative estimate of drug-likeness (QED) is 0.136. The highest BCUT2D eigenvalue weighted by molar-refractivity contribution is 7.07. The first-order valence-electron chi connectivity index (χ1n) is 13.7. The average Bonchev–Trinajstić information content (AvgIpc) is 3.64. The van der Waals surface area contributed by atoms with E-state index in [1.54, 1.807) is 37.3 Å². The first kappa shape index (κ1) is 28.6. The van der Waals surface area contributed by atoms with E-state index in [0.29, 0.717) is 32.1 Å². The van der Waals surface area contributed by atoms with Crippen molar-refractivity contribution in [2.75, 3.05) is 13.7 Å². The fourth-order valence-corrected chi connectivity index (χ4v) is 6.07. The summed E-state index contributed by atoms with van der Waals surface area (Å²) < 4.78 is 18.4. The molecule has 3 aromatic carbocycles. The van der Waals surface area contributed by atoms with Gasteiger partial charge < -0.3 is 13.9 Å². The van der Waals surface area contributed by atoms with E-state index in [0.717, 1.165) is 16.9 Å². The number of furan rings is 1. The Morgan fingerprint density at radius 3 is 2.48 bits per heavy atom. The number of nitro benzene ring substituents is 1. The number of carbonyl (C=O) groups is 1. The molecule has 1 aliphatic heterocycles. The zero-order valence-corrected chi connectivity index (χ0v) is 24.4. The molecule has 2 aromatic heterocycles. The summed E-state index contributed by atoms with van der Waals surface area (Å²) in [6.07, 6.45) is 1.57. The molecule has 1 unspecified atom stereocenters. The molecule has 1 aliphatic rings. The SMILES string of the molecule is CCOC(=O)C1=C(c2ccccc2)N=c2s/c(=C\c3ccc(-c4ccc(OC)cc4[N+](=O)[O-])o3)c(=O)n2C1c1ccccc1. The summed E-state index contributed by atoms with van der Waals surface area (Å²) in [6, 6.07) is 25.5. The predicted octanol–water partition coefficient (Wildman–Crippen LogP) is 5.11. The molecule has 0 amide bonds. The van der Waals surface area contributed by atoms with E-state index in [-0.39, 0.29) is 34.8 Å². The van der Waals surface area contributed by atoms with E-state index < -0.39 is 16.9 Å². The lowest BCUT2D eigenvalue weighted by Gasteiger charge is -2.25. The molecule has 3 heterocycles. The Kier molecular flexibility index (Phi) is 7.78. The molecule has 0 bridgehead atoms. The second-order valence-corrected chi connectivity index (χ2v) is 10.7. The Bertz CT molecular complexity index is 2090. The minimum atomic E-state index is -0.794. The summed E-state index contributed by atoms with van der Waals surface area (Å²) in [5, 5.41) is 11.7. The maximum absolute atomic E-state index is 14.0. The van der Waals surface area contributed by atoms with Gasteiger partial charge in [-0.1, -0.05) is 72.0 Å². The fourth-order valence-electron chi connectivity index (χ4n) is 5.09. The van der Waals surface area contributed by atoms with Crippen molar-refractivity contribution in [1.82, 2.24) is 4.57 Å². The normalized spacial score (nSPS) is 14.6. The van der Waals surface area contributed by atoms with Gasteiger partial charge in [0.15, 0.2) is 4.80 Å². The summed E-state index contributed by atoms with van der Waals surface area (Å²) in [5.41, 5.74) is 1.85. The number of rotatable bonds is 8. The van der Waals surface area contributed by atoms with Crippen LogP contribution in [0.1, 0.15) is 29.9 Å². The van der Waals surface area contributed by atoms with E-state index in [1.165, 1.54) is 17.7 Å².